The number of halogens is 1. The van der Waals surface area contributed by atoms with Crippen molar-refractivity contribution in [1.29, 1.82) is 0 Å². The number of carbonyl (C=O) groups excluding carboxylic acids is 2. The van der Waals surface area contributed by atoms with E-state index in [1.54, 1.807) is 37.4 Å². The van der Waals surface area contributed by atoms with E-state index < -0.39 is 11.8 Å². The monoisotopic (exact) mass is 348 g/mol. The third-order valence-corrected chi connectivity index (χ3v) is 3.43. The third kappa shape index (κ3) is 4.47. The Kier molecular flexibility index (Phi) is 6.17. The van der Waals surface area contributed by atoms with Crippen molar-refractivity contribution in [3.05, 3.63) is 64.2 Å². The zero-order chi connectivity index (χ0) is 17.5. The molecule has 7 heteroatoms. The number of ether oxygens (including phenoxy) is 2. The zero-order valence-corrected chi connectivity index (χ0v) is 14.0. The maximum absolute atomic E-state index is 12.2. The Bertz CT molecular complexity index is 749. The fourth-order valence-corrected chi connectivity index (χ4v) is 2.25. The van der Waals surface area contributed by atoms with Gasteiger partial charge in [0, 0.05) is 17.7 Å². The molecule has 126 valence electrons. The van der Waals surface area contributed by atoms with E-state index in [0.717, 1.165) is 5.56 Å². The number of hydrogen-bond acceptors (Lipinski definition) is 4. The van der Waals surface area contributed by atoms with Crippen LogP contribution >= 0.6 is 11.6 Å². The first-order valence-electron chi connectivity index (χ1n) is 7.07. The van der Waals surface area contributed by atoms with E-state index >= 15 is 0 Å². The van der Waals surface area contributed by atoms with Crippen LogP contribution in [0.3, 0.4) is 0 Å². The van der Waals surface area contributed by atoms with Gasteiger partial charge in [-0.25, -0.2) is 0 Å². The third-order valence-electron chi connectivity index (χ3n) is 3.20. The second kappa shape index (κ2) is 8.33. The summed E-state index contributed by atoms with van der Waals surface area (Å²) in [5.41, 5.74) is 6.18. The summed E-state index contributed by atoms with van der Waals surface area (Å²) in [6.45, 7) is 0.396. The van der Waals surface area contributed by atoms with Crippen LogP contribution in [0.5, 0.6) is 5.75 Å². The normalized spacial score (nSPS) is 10.1. The zero-order valence-electron chi connectivity index (χ0n) is 13.3. The molecule has 0 aliphatic heterocycles. The minimum Gasteiger partial charge on any atom is -0.496 e. The van der Waals surface area contributed by atoms with Crippen molar-refractivity contribution in [3.8, 4) is 5.75 Å². The lowest BCUT2D eigenvalue weighted by Crippen LogP contribution is -2.41. The predicted molar refractivity (Wildman–Crippen MR) is 90.1 cm³/mol. The topological polar surface area (TPSA) is 76.7 Å². The van der Waals surface area contributed by atoms with Crippen LogP contribution in [0.25, 0.3) is 0 Å². The van der Waals surface area contributed by atoms with Gasteiger partial charge in [-0.3, -0.25) is 20.4 Å². The smallest absolute Gasteiger partial charge is 0.273 e. The molecule has 0 aliphatic rings. The Morgan fingerprint density at radius 3 is 2.50 bits per heavy atom. The highest BCUT2D eigenvalue weighted by Crippen LogP contribution is 2.22. The maximum Gasteiger partial charge on any atom is 0.273 e. The molecule has 2 amide bonds. The number of nitrogens with one attached hydrogen (secondary N) is 2. The van der Waals surface area contributed by atoms with Crippen molar-refractivity contribution < 1.29 is 19.1 Å². The Morgan fingerprint density at radius 2 is 1.79 bits per heavy atom. The van der Waals surface area contributed by atoms with Crippen LogP contribution in [0.1, 0.15) is 26.3 Å². The quantitative estimate of drug-likeness (QED) is 0.814. The number of benzene rings is 2. The average molecular weight is 349 g/mol. The molecule has 2 aromatic rings. The van der Waals surface area contributed by atoms with Gasteiger partial charge in [-0.1, -0.05) is 23.7 Å². The highest BCUT2D eigenvalue weighted by molar-refractivity contribution is 6.31. The van der Waals surface area contributed by atoms with Gasteiger partial charge < -0.3 is 9.47 Å². The Hall–Kier alpha value is -2.57. The van der Waals surface area contributed by atoms with Crippen LogP contribution < -0.4 is 15.6 Å². The van der Waals surface area contributed by atoms with E-state index in [4.69, 9.17) is 21.1 Å². The van der Waals surface area contributed by atoms with Crippen LogP contribution in [-0.4, -0.2) is 26.0 Å². The fourth-order valence-electron chi connectivity index (χ4n) is 2.08. The Morgan fingerprint density at radius 1 is 1.04 bits per heavy atom. The number of hydrogen-bond donors (Lipinski definition) is 2. The lowest BCUT2D eigenvalue weighted by molar-refractivity contribution is 0.0844. The summed E-state index contributed by atoms with van der Waals surface area (Å²) in [5.74, 6) is -0.619. The molecule has 0 unspecified atom stereocenters. The molecule has 24 heavy (non-hydrogen) atoms. The van der Waals surface area contributed by atoms with Crippen molar-refractivity contribution in [2.24, 2.45) is 0 Å². The molecule has 0 aromatic heterocycles. The van der Waals surface area contributed by atoms with Crippen LogP contribution in [0.15, 0.2) is 42.5 Å². The minimum atomic E-state index is -0.532. The molecule has 6 nitrogen and oxygen atoms in total. The van der Waals surface area contributed by atoms with Crippen molar-refractivity contribution in [1.82, 2.24) is 10.9 Å². The van der Waals surface area contributed by atoms with Gasteiger partial charge in [0.25, 0.3) is 11.8 Å². The minimum absolute atomic E-state index is 0.221. The molecule has 0 saturated carbocycles. The molecule has 2 N–H and O–H groups in total. The van der Waals surface area contributed by atoms with Gasteiger partial charge in [-0.15, -0.1) is 0 Å². The summed E-state index contributed by atoms with van der Waals surface area (Å²) in [4.78, 5) is 24.3. The number of hydrazine groups is 1. The molecule has 0 fully saturated rings. The molecule has 0 heterocycles. The summed E-state index contributed by atoms with van der Waals surface area (Å²) in [6, 6.07) is 11.6. The predicted octanol–water partition coefficient (Wildman–Crippen LogP) is 2.57. The van der Waals surface area contributed by atoms with Gasteiger partial charge in [-0.05, 0) is 35.9 Å². The molecule has 2 rings (SSSR count). The molecule has 0 spiro atoms. The van der Waals surface area contributed by atoms with Gasteiger partial charge >= 0.3 is 0 Å². The fraction of sp³-hybridized carbons (Fsp3) is 0.176. The molecule has 0 aliphatic carbocycles. The maximum atomic E-state index is 12.2. The Labute approximate surface area is 144 Å². The average Bonchev–Trinajstić information content (AvgIpc) is 2.60. The van der Waals surface area contributed by atoms with E-state index in [1.165, 1.54) is 13.2 Å². The first-order valence-corrected chi connectivity index (χ1v) is 7.45. The van der Waals surface area contributed by atoms with Crippen LogP contribution in [0.2, 0.25) is 5.02 Å². The molecule has 0 bridgehead atoms. The number of methoxy groups -OCH3 is 2. The number of rotatable bonds is 5. The standard InChI is InChI=1S/C17H17ClN2O4/c1-23-10-11-4-3-5-12(8-11)16(21)19-20-17(22)14-9-13(18)6-7-15(14)24-2/h3-9H,10H2,1-2H3,(H,19,21)(H,20,22). The first kappa shape index (κ1) is 17.8. The van der Waals surface area contributed by atoms with Crippen molar-refractivity contribution in [3.63, 3.8) is 0 Å². The van der Waals surface area contributed by atoms with Crippen molar-refractivity contribution in [2.75, 3.05) is 14.2 Å². The first-order chi connectivity index (χ1) is 11.5. The summed E-state index contributed by atoms with van der Waals surface area (Å²) in [7, 11) is 3.02. The van der Waals surface area contributed by atoms with Gasteiger partial charge in [0.2, 0.25) is 0 Å². The lowest BCUT2D eigenvalue weighted by atomic mass is 10.1. The molecular weight excluding hydrogens is 332 g/mol. The second-order valence-electron chi connectivity index (χ2n) is 4.89. The van der Waals surface area contributed by atoms with Crippen molar-refractivity contribution >= 4 is 23.4 Å². The SMILES string of the molecule is COCc1cccc(C(=O)NNC(=O)c2cc(Cl)ccc2OC)c1. The van der Waals surface area contributed by atoms with Gasteiger partial charge in [0.15, 0.2) is 0 Å². The van der Waals surface area contributed by atoms with E-state index in [-0.39, 0.29) is 5.56 Å². The number of carbonyl (C=O) groups is 2. The van der Waals surface area contributed by atoms with Crippen LogP contribution in [0, 0.1) is 0 Å². The van der Waals surface area contributed by atoms with E-state index in [9.17, 15) is 9.59 Å². The summed E-state index contributed by atoms with van der Waals surface area (Å²) < 4.78 is 10.1. The largest absolute Gasteiger partial charge is 0.496 e. The summed E-state index contributed by atoms with van der Waals surface area (Å²) in [5, 5.41) is 0.388. The van der Waals surface area contributed by atoms with Crippen molar-refractivity contribution in [2.45, 2.75) is 6.61 Å². The molecular formula is C17H17ClN2O4. The lowest BCUT2D eigenvalue weighted by Gasteiger charge is -2.11. The highest BCUT2D eigenvalue weighted by Gasteiger charge is 2.14. The summed E-state index contributed by atoms with van der Waals surface area (Å²) in [6.07, 6.45) is 0. The number of amides is 2. The van der Waals surface area contributed by atoms with Gasteiger partial charge in [-0.2, -0.15) is 0 Å². The van der Waals surface area contributed by atoms with Gasteiger partial charge in [0.1, 0.15) is 5.75 Å². The molecule has 0 saturated heterocycles. The molecule has 0 radical (unpaired) electrons. The summed E-state index contributed by atoms with van der Waals surface area (Å²) >= 11 is 5.89. The van der Waals surface area contributed by atoms with Crippen LogP contribution in [-0.2, 0) is 11.3 Å². The van der Waals surface area contributed by atoms with E-state index in [1.807, 2.05) is 6.07 Å². The van der Waals surface area contributed by atoms with E-state index in [0.29, 0.717) is 22.9 Å². The Balaban J connectivity index is 2.05. The van der Waals surface area contributed by atoms with Gasteiger partial charge in [0.05, 0.1) is 19.3 Å². The highest BCUT2D eigenvalue weighted by atomic mass is 35.5. The molecule has 0 atom stereocenters. The van der Waals surface area contributed by atoms with Crippen LogP contribution in [0.4, 0.5) is 0 Å². The molecule has 2 aromatic carbocycles. The second-order valence-corrected chi connectivity index (χ2v) is 5.32. The van der Waals surface area contributed by atoms with E-state index in [2.05, 4.69) is 10.9 Å².